The predicted octanol–water partition coefficient (Wildman–Crippen LogP) is 3.91. The van der Waals surface area contributed by atoms with Crippen LogP contribution in [0.3, 0.4) is 0 Å². The van der Waals surface area contributed by atoms with Gasteiger partial charge >= 0.3 is 6.18 Å². The summed E-state index contributed by atoms with van der Waals surface area (Å²) in [7, 11) is 1.61. The van der Waals surface area contributed by atoms with E-state index < -0.39 is 17.6 Å². The van der Waals surface area contributed by atoms with Gasteiger partial charge in [-0.1, -0.05) is 13.3 Å². The lowest BCUT2D eigenvalue weighted by atomic mass is 9.99. The molecule has 1 unspecified atom stereocenters. The average Bonchev–Trinajstić information content (AvgIpc) is 2.25. The summed E-state index contributed by atoms with van der Waals surface area (Å²) in [6, 6.07) is 2.13. The highest BCUT2D eigenvalue weighted by atomic mass is 19.4. The molecule has 0 saturated heterocycles. The second-order valence-corrected chi connectivity index (χ2v) is 3.86. The van der Waals surface area contributed by atoms with Gasteiger partial charge in [-0.3, -0.25) is 0 Å². The van der Waals surface area contributed by atoms with Gasteiger partial charge in [-0.15, -0.1) is 0 Å². The van der Waals surface area contributed by atoms with Gasteiger partial charge in [-0.05, 0) is 31.7 Å². The molecule has 1 nitrogen and oxygen atoms in total. The first-order valence-electron chi connectivity index (χ1n) is 5.44. The minimum absolute atomic E-state index is 0.0733. The summed E-state index contributed by atoms with van der Waals surface area (Å²) in [5, 5.41) is 2.83. The largest absolute Gasteiger partial charge is 0.416 e. The van der Waals surface area contributed by atoms with Crippen LogP contribution < -0.4 is 5.32 Å². The summed E-state index contributed by atoms with van der Waals surface area (Å²) in [5.74, 6) is -0.606. The molecule has 1 rings (SSSR count). The zero-order valence-corrected chi connectivity index (χ0v) is 9.74. The number of halogens is 4. The minimum Gasteiger partial charge on any atom is -0.313 e. The fraction of sp³-hybridized carbons (Fsp3) is 0.500. The molecule has 0 bridgehead atoms. The topological polar surface area (TPSA) is 12.0 Å². The number of hydrogen-bond acceptors (Lipinski definition) is 1. The molecule has 0 fully saturated rings. The van der Waals surface area contributed by atoms with Gasteiger partial charge in [-0.2, -0.15) is 13.2 Å². The molecule has 0 aliphatic heterocycles. The molecule has 1 aromatic carbocycles. The Morgan fingerprint density at radius 3 is 2.41 bits per heavy atom. The van der Waals surface area contributed by atoms with Crippen molar-refractivity contribution in [3.63, 3.8) is 0 Å². The summed E-state index contributed by atoms with van der Waals surface area (Å²) >= 11 is 0. The van der Waals surface area contributed by atoms with E-state index in [0.29, 0.717) is 6.42 Å². The Hall–Kier alpha value is -1.10. The molecule has 0 amide bonds. The zero-order valence-electron chi connectivity index (χ0n) is 9.74. The molecule has 96 valence electrons. The van der Waals surface area contributed by atoms with Gasteiger partial charge in [0, 0.05) is 11.6 Å². The van der Waals surface area contributed by atoms with Gasteiger partial charge in [0.1, 0.15) is 5.82 Å². The first kappa shape index (κ1) is 14.0. The summed E-state index contributed by atoms with van der Waals surface area (Å²) in [6.45, 7) is 1.90. The fourth-order valence-corrected chi connectivity index (χ4v) is 1.73. The van der Waals surface area contributed by atoms with Crippen LogP contribution in [0.5, 0.6) is 0 Å². The Balaban J connectivity index is 3.13. The van der Waals surface area contributed by atoms with Crippen molar-refractivity contribution in [3.8, 4) is 0 Å². The maximum absolute atomic E-state index is 13.5. The normalized spacial score (nSPS) is 13.8. The van der Waals surface area contributed by atoms with Crippen molar-refractivity contribution in [3.05, 3.63) is 35.1 Å². The Labute approximate surface area is 97.8 Å². The van der Waals surface area contributed by atoms with E-state index in [-0.39, 0.29) is 11.6 Å². The molecule has 0 radical (unpaired) electrons. The zero-order chi connectivity index (χ0) is 13.1. The lowest BCUT2D eigenvalue weighted by Crippen LogP contribution is -2.18. The van der Waals surface area contributed by atoms with E-state index in [1.54, 1.807) is 7.05 Å². The lowest BCUT2D eigenvalue weighted by Gasteiger charge is -2.18. The number of nitrogens with one attached hydrogen (secondary N) is 1. The standard InChI is InChI=1S/C12H15F4N/c1-3-4-11(17-2)9-7-8(12(14,15)16)5-6-10(9)13/h5-7,11,17H,3-4H2,1-2H3. The van der Waals surface area contributed by atoms with Crippen molar-refractivity contribution >= 4 is 0 Å². The van der Waals surface area contributed by atoms with Crippen LogP contribution in [0.2, 0.25) is 0 Å². The van der Waals surface area contributed by atoms with Crippen molar-refractivity contribution in [1.82, 2.24) is 5.32 Å². The van der Waals surface area contributed by atoms with Gasteiger partial charge in [0.05, 0.1) is 5.56 Å². The summed E-state index contributed by atoms with van der Waals surface area (Å²) in [4.78, 5) is 0. The molecule has 0 saturated carbocycles. The number of benzene rings is 1. The van der Waals surface area contributed by atoms with Crippen LogP contribution in [0.15, 0.2) is 18.2 Å². The Kier molecular flexibility index (Phi) is 4.51. The minimum atomic E-state index is -4.44. The van der Waals surface area contributed by atoms with Gasteiger partial charge in [0.2, 0.25) is 0 Å². The molecule has 5 heteroatoms. The van der Waals surface area contributed by atoms with Crippen molar-refractivity contribution in [2.24, 2.45) is 0 Å². The maximum atomic E-state index is 13.5. The number of alkyl halides is 3. The smallest absolute Gasteiger partial charge is 0.313 e. The van der Waals surface area contributed by atoms with Crippen molar-refractivity contribution in [1.29, 1.82) is 0 Å². The van der Waals surface area contributed by atoms with Crippen LogP contribution in [0.25, 0.3) is 0 Å². The molecule has 0 aliphatic rings. The molecule has 0 heterocycles. The molecule has 0 aliphatic carbocycles. The molecule has 1 aromatic rings. The quantitative estimate of drug-likeness (QED) is 0.798. The highest BCUT2D eigenvalue weighted by Gasteiger charge is 2.31. The first-order chi connectivity index (χ1) is 7.90. The fourth-order valence-electron chi connectivity index (χ4n) is 1.73. The molecule has 0 spiro atoms. The van der Waals surface area contributed by atoms with E-state index in [4.69, 9.17) is 0 Å². The van der Waals surface area contributed by atoms with Crippen LogP contribution >= 0.6 is 0 Å². The van der Waals surface area contributed by atoms with Crippen LogP contribution in [0.1, 0.15) is 36.9 Å². The van der Waals surface area contributed by atoms with E-state index >= 15 is 0 Å². The van der Waals surface area contributed by atoms with E-state index in [1.807, 2.05) is 6.92 Å². The third-order valence-corrected chi connectivity index (χ3v) is 2.62. The highest BCUT2D eigenvalue weighted by molar-refractivity contribution is 5.29. The molecular weight excluding hydrogens is 234 g/mol. The second kappa shape index (κ2) is 5.49. The molecule has 1 atom stereocenters. The summed E-state index contributed by atoms with van der Waals surface area (Å²) in [5.41, 5.74) is -0.741. The number of hydrogen-bond donors (Lipinski definition) is 1. The molecule has 0 aromatic heterocycles. The summed E-state index contributed by atoms with van der Waals surface area (Å²) in [6.07, 6.45) is -3.08. The van der Waals surface area contributed by atoms with E-state index in [1.165, 1.54) is 0 Å². The molecule has 17 heavy (non-hydrogen) atoms. The third kappa shape index (κ3) is 3.43. The van der Waals surface area contributed by atoms with Crippen LogP contribution in [0.4, 0.5) is 17.6 Å². The van der Waals surface area contributed by atoms with Gasteiger partial charge in [0.25, 0.3) is 0 Å². The van der Waals surface area contributed by atoms with Gasteiger partial charge in [-0.25, -0.2) is 4.39 Å². The summed E-state index contributed by atoms with van der Waals surface area (Å²) < 4.78 is 51.0. The third-order valence-electron chi connectivity index (χ3n) is 2.62. The van der Waals surface area contributed by atoms with Gasteiger partial charge in [0.15, 0.2) is 0 Å². The van der Waals surface area contributed by atoms with Crippen molar-refractivity contribution in [2.75, 3.05) is 7.05 Å². The monoisotopic (exact) mass is 249 g/mol. The first-order valence-corrected chi connectivity index (χ1v) is 5.44. The molecular formula is C12H15F4N. The van der Waals surface area contributed by atoms with Crippen LogP contribution in [0, 0.1) is 5.82 Å². The Morgan fingerprint density at radius 1 is 1.29 bits per heavy atom. The predicted molar refractivity (Wildman–Crippen MR) is 58.1 cm³/mol. The van der Waals surface area contributed by atoms with E-state index in [2.05, 4.69) is 5.32 Å². The van der Waals surface area contributed by atoms with Crippen molar-refractivity contribution in [2.45, 2.75) is 32.0 Å². The average molecular weight is 249 g/mol. The van der Waals surface area contributed by atoms with E-state index in [9.17, 15) is 17.6 Å². The highest BCUT2D eigenvalue weighted by Crippen LogP contribution is 2.32. The molecule has 1 N–H and O–H groups in total. The van der Waals surface area contributed by atoms with E-state index in [0.717, 1.165) is 24.6 Å². The Bertz CT molecular complexity index is 373. The van der Waals surface area contributed by atoms with Gasteiger partial charge < -0.3 is 5.32 Å². The van der Waals surface area contributed by atoms with Crippen molar-refractivity contribution < 1.29 is 17.6 Å². The maximum Gasteiger partial charge on any atom is 0.416 e. The second-order valence-electron chi connectivity index (χ2n) is 3.86. The SMILES string of the molecule is CCCC(NC)c1cc(C(F)(F)F)ccc1F. The van der Waals surface area contributed by atoms with Crippen LogP contribution in [-0.2, 0) is 6.18 Å². The number of rotatable bonds is 4. The lowest BCUT2D eigenvalue weighted by molar-refractivity contribution is -0.137. The Morgan fingerprint density at radius 2 is 1.94 bits per heavy atom. The van der Waals surface area contributed by atoms with Crippen LogP contribution in [-0.4, -0.2) is 7.05 Å².